The second kappa shape index (κ2) is 12.2. The summed E-state index contributed by atoms with van der Waals surface area (Å²) in [4.78, 5) is 29.8. The molecule has 3 heterocycles. The van der Waals surface area contributed by atoms with Crippen molar-refractivity contribution in [2.45, 2.75) is 32.9 Å². The van der Waals surface area contributed by atoms with Gasteiger partial charge in [0.25, 0.3) is 5.69 Å². The Bertz CT molecular complexity index is 1710. The van der Waals surface area contributed by atoms with Gasteiger partial charge in [-0.05, 0) is 86.6 Å². The van der Waals surface area contributed by atoms with Crippen LogP contribution in [-0.4, -0.2) is 46.3 Å². The molecule has 1 aliphatic heterocycles. The molecule has 222 valence electrons. The lowest BCUT2D eigenvalue weighted by atomic mass is 9.96. The number of ether oxygens (including phenoxy) is 2. The molecule has 11 nitrogen and oxygen atoms in total. The first-order valence-corrected chi connectivity index (χ1v) is 14.0. The van der Waals surface area contributed by atoms with E-state index in [2.05, 4.69) is 26.6 Å². The minimum Gasteiger partial charge on any atom is -0.494 e. The smallest absolute Gasteiger partial charge is 0.273 e. The number of carbonyl (C=O) groups excluding carboxylic acids is 1. The van der Waals surface area contributed by atoms with Crippen LogP contribution in [0.4, 0.5) is 17.1 Å². The molecule has 43 heavy (non-hydrogen) atoms. The number of methoxy groups -OCH3 is 2. The topological polar surface area (TPSA) is 124 Å². The Labute approximate surface area is 254 Å². The highest BCUT2D eigenvalue weighted by molar-refractivity contribution is 7.80. The van der Waals surface area contributed by atoms with Gasteiger partial charge in [-0.3, -0.25) is 19.9 Å². The predicted octanol–water partition coefficient (Wildman–Crippen LogP) is 5.48. The third-order valence-corrected chi connectivity index (χ3v) is 7.85. The molecule has 2 aromatic heterocycles. The highest BCUT2D eigenvalue weighted by atomic mass is 32.1. The zero-order valence-electron chi connectivity index (χ0n) is 24.5. The molecule has 0 saturated carbocycles. The van der Waals surface area contributed by atoms with Crippen LogP contribution in [0.25, 0.3) is 5.69 Å². The van der Waals surface area contributed by atoms with Gasteiger partial charge in [0.1, 0.15) is 12.4 Å². The summed E-state index contributed by atoms with van der Waals surface area (Å²) in [5.41, 5.74) is 6.71. The minimum atomic E-state index is -0.441. The molecule has 4 aromatic rings. The molecular weight excluding hydrogens is 568 g/mol. The van der Waals surface area contributed by atoms with Crippen LogP contribution in [0, 0.1) is 30.9 Å². The Morgan fingerprint density at radius 1 is 1.12 bits per heavy atom. The number of nitro benzene ring substituents is 1. The van der Waals surface area contributed by atoms with Crippen LogP contribution in [0.5, 0.6) is 5.75 Å². The van der Waals surface area contributed by atoms with Gasteiger partial charge in [0, 0.05) is 42.1 Å². The van der Waals surface area contributed by atoms with E-state index in [-0.39, 0.29) is 30.3 Å². The first-order chi connectivity index (χ1) is 20.6. The number of amides is 1. The lowest BCUT2D eigenvalue weighted by molar-refractivity contribution is -0.384. The monoisotopic (exact) mass is 600 g/mol. The largest absolute Gasteiger partial charge is 0.494 e. The molecule has 0 bridgehead atoms. The number of aromatic nitrogens is 2. The van der Waals surface area contributed by atoms with Crippen molar-refractivity contribution in [1.82, 2.24) is 14.9 Å². The fourth-order valence-corrected chi connectivity index (χ4v) is 5.97. The Balaban J connectivity index is 1.63. The second-order valence-electron chi connectivity index (χ2n) is 10.3. The molecule has 2 atom stereocenters. The summed E-state index contributed by atoms with van der Waals surface area (Å²) in [5, 5.41) is 18.3. The molecule has 0 spiro atoms. The van der Waals surface area contributed by atoms with E-state index < -0.39 is 4.92 Å². The maximum Gasteiger partial charge on any atom is 0.273 e. The zero-order valence-corrected chi connectivity index (χ0v) is 25.3. The molecule has 1 saturated heterocycles. The van der Waals surface area contributed by atoms with Crippen LogP contribution < -0.4 is 20.3 Å². The number of pyridine rings is 1. The SMILES string of the molecule is COCC(=O)Nc1ccc(N2C(=S)N[C@H](c3ccccn3)[C@H]2c2cc(C)n(-c3ccc([N+](=O)[O-])cc3OC)c2C)cc1C. The Morgan fingerprint density at radius 2 is 1.91 bits per heavy atom. The van der Waals surface area contributed by atoms with E-state index in [1.807, 2.05) is 61.7 Å². The van der Waals surface area contributed by atoms with Gasteiger partial charge in [0.05, 0.1) is 41.6 Å². The number of rotatable bonds is 9. The van der Waals surface area contributed by atoms with E-state index in [0.29, 0.717) is 22.2 Å². The standard InChI is InChI=1S/C31H32N6O5S/c1-18-14-21(9-11-24(18)33-28(38)17-41-4)36-30(29(34-31(36)43)25-8-6-7-13-32-25)23-15-19(2)35(20(23)3)26-12-10-22(37(39)40)16-27(26)42-5/h6-16,29-30H,17H2,1-5H3,(H,33,38)(H,34,43)/t29-,30-/m1/s1. The van der Waals surface area contributed by atoms with Crippen molar-refractivity contribution in [2.24, 2.45) is 0 Å². The third kappa shape index (κ3) is 5.66. The minimum absolute atomic E-state index is 0.0374. The number of nitro groups is 1. The number of nitrogens with one attached hydrogen (secondary N) is 2. The predicted molar refractivity (Wildman–Crippen MR) is 168 cm³/mol. The van der Waals surface area contributed by atoms with E-state index in [0.717, 1.165) is 33.9 Å². The van der Waals surface area contributed by atoms with Gasteiger partial charge in [0.15, 0.2) is 5.11 Å². The van der Waals surface area contributed by atoms with Gasteiger partial charge in [-0.1, -0.05) is 6.07 Å². The maximum absolute atomic E-state index is 12.2. The van der Waals surface area contributed by atoms with Crippen LogP contribution in [0.1, 0.15) is 40.3 Å². The summed E-state index contributed by atoms with van der Waals surface area (Å²) in [6.07, 6.45) is 1.76. The quantitative estimate of drug-likeness (QED) is 0.146. The van der Waals surface area contributed by atoms with Crippen LogP contribution in [-0.2, 0) is 9.53 Å². The summed E-state index contributed by atoms with van der Waals surface area (Å²) in [5.74, 6) is 0.154. The van der Waals surface area contributed by atoms with E-state index in [4.69, 9.17) is 21.7 Å². The number of aryl methyl sites for hydroxylation is 2. The first-order valence-electron chi connectivity index (χ1n) is 13.6. The van der Waals surface area contributed by atoms with Gasteiger partial charge in [-0.25, -0.2) is 0 Å². The van der Waals surface area contributed by atoms with Crippen molar-refractivity contribution < 1.29 is 19.2 Å². The Hall–Kier alpha value is -4.81. The Morgan fingerprint density at radius 3 is 2.56 bits per heavy atom. The van der Waals surface area contributed by atoms with Crippen LogP contribution in [0.15, 0.2) is 66.9 Å². The summed E-state index contributed by atoms with van der Waals surface area (Å²) >= 11 is 5.92. The van der Waals surface area contributed by atoms with Crippen molar-refractivity contribution in [3.05, 3.63) is 105 Å². The number of nitrogens with zero attached hydrogens (tertiary/aromatic N) is 4. The van der Waals surface area contributed by atoms with Gasteiger partial charge >= 0.3 is 0 Å². The molecule has 0 unspecified atom stereocenters. The van der Waals surface area contributed by atoms with Crippen molar-refractivity contribution in [3.63, 3.8) is 0 Å². The number of benzene rings is 2. The summed E-state index contributed by atoms with van der Waals surface area (Å²) < 4.78 is 12.6. The summed E-state index contributed by atoms with van der Waals surface area (Å²) in [6, 6.07) is 17.7. The number of carbonyl (C=O) groups is 1. The summed E-state index contributed by atoms with van der Waals surface area (Å²) in [6.45, 7) is 5.89. The fourth-order valence-electron chi connectivity index (χ4n) is 5.63. The number of hydrogen-bond acceptors (Lipinski definition) is 7. The molecule has 0 aliphatic carbocycles. The fraction of sp³-hybridized carbons (Fsp3) is 0.258. The van der Waals surface area contributed by atoms with Crippen molar-refractivity contribution in [3.8, 4) is 11.4 Å². The van der Waals surface area contributed by atoms with E-state index >= 15 is 0 Å². The molecule has 1 aliphatic rings. The van der Waals surface area contributed by atoms with Gasteiger partial charge in [-0.2, -0.15) is 0 Å². The molecule has 1 amide bonds. The maximum atomic E-state index is 12.2. The van der Waals surface area contributed by atoms with Gasteiger partial charge in [-0.15, -0.1) is 0 Å². The molecule has 2 N–H and O–H groups in total. The molecule has 1 fully saturated rings. The van der Waals surface area contributed by atoms with Gasteiger partial charge in [0.2, 0.25) is 5.91 Å². The van der Waals surface area contributed by atoms with Gasteiger partial charge < -0.3 is 29.6 Å². The lowest BCUT2D eigenvalue weighted by Crippen LogP contribution is -2.29. The summed E-state index contributed by atoms with van der Waals surface area (Å²) in [7, 11) is 2.98. The number of non-ortho nitro benzene ring substituents is 1. The first kappa shape index (κ1) is 29.7. The Kier molecular flexibility index (Phi) is 8.42. The van der Waals surface area contributed by atoms with Crippen LogP contribution in [0.2, 0.25) is 0 Å². The number of anilines is 2. The highest BCUT2D eigenvalue weighted by Crippen LogP contribution is 2.45. The highest BCUT2D eigenvalue weighted by Gasteiger charge is 2.42. The van der Waals surface area contributed by atoms with E-state index in [1.165, 1.54) is 26.4 Å². The number of thiocarbonyl (C=S) groups is 1. The van der Waals surface area contributed by atoms with Crippen LogP contribution in [0.3, 0.4) is 0 Å². The molecule has 2 aromatic carbocycles. The zero-order chi connectivity index (χ0) is 30.8. The molecule has 0 radical (unpaired) electrons. The number of hydrogen-bond donors (Lipinski definition) is 2. The van der Waals surface area contributed by atoms with Crippen molar-refractivity contribution in [2.75, 3.05) is 31.0 Å². The normalized spacial score (nSPS) is 16.2. The third-order valence-electron chi connectivity index (χ3n) is 7.54. The van der Waals surface area contributed by atoms with Crippen molar-refractivity contribution in [1.29, 1.82) is 0 Å². The molecule has 5 rings (SSSR count). The lowest BCUT2D eigenvalue weighted by Gasteiger charge is -2.29. The van der Waals surface area contributed by atoms with Crippen molar-refractivity contribution >= 4 is 40.3 Å². The van der Waals surface area contributed by atoms with E-state index in [9.17, 15) is 14.9 Å². The molecule has 12 heteroatoms. The van der Waals surface area contributed by atoms with E-state index in [1.54, 1.807) is 12.3 Å². The van der Waals surface area contributed by atoms with Crippen LogP contribution >= 0.6 is 12.2 Å². The second-order valence-corrected chi connectivity index (χ2v) is 10.6. The molecular formula is C31H32N6O5S. The average molecular weight is 601 g/mol. The average Bonchev–Trinajstić information content (AvgIpc) is 3.48.